The van der Waals surface area contributed by atoms with Gasteiger partial charge in [-0.1, -0.05) is 0 Å². The molecular formula is C12H10BrFN2O3S. The van der Waals surface area contributed by atoms with Gasteiger partial charge in [-0.3, -0.25) is 9.59 Å². The Kier molecular flexibility index (Phi) is 4.36. The molecule has 4 N–H and O–H groups in total. The number of halogens is 2. The standard InChI is InChI=1S/C12H10BrFN2O3S/c13-6-1-2-7(14)5-3-9(20-10(5)6)11(17)16-4-8(15)12(18)19/h1-3,8H,4,15H2,(H,16,17)(H,18,19)/t8-/m1/s1. The van der Waals surface area contributed by atoms with Crippen molar-refractivity contribution in [1.29, 1.82) is 0 Å². The van der Waals surface area contributed by atoms with Gasteiger partial charge in [-0.05, 0) is 34.1 Å². The van der Waals surface area contributed by atoms with Gasteiger partial charge in [-0.25, -0.2) is 4.39 Å². The van der Waals surface area contributed by atoms with E-state index in [1.807, 2.05) is 0 Å². The first kappa shape index (κ1) is 14.9. The van der Waals surface area contributed by atoms with E-state index in [-0.39, 0.29) is 6.54 Å². The third kappa shape index (κ3) is 2.97. The van der Waals surface area contributed by atoms with E-state index in [0.29, 0.717) is 19.4 Å². The molecule has 1 amide bonds. The third-order valence-corrected chi connectivity index (χ3v) is 4.70. The number of nitrogens with two attached hydrogens (primary N) is 1. The highest BCUT2D eigenvalue weighted by Gasteiger charge is 2.17. The summed E-state index contributed by atoms with van der Waals surface area (Å²) in [6.07, 6.45) is 0. The molecule has 2 aromatic rings. The van der Waals surface area contributed by atoms with Gasteiger partial charge in [0.05, 0.1) is 9.58 Å². The highest BCUT2D eigenvalue weighted by molar-refractivity contribution is 9.10. The lowest BCUT2D eigenvalue weighted by Crippen LogP contribution is -2.42. The maximum Gasteiger partial charge on any atom is 0.322 e. The van der Waals surface area contributed by atoms with Crippen LogP contribution in [-0.2, 0) is 4.79 Å². The Balaban J connectivity index is 2.21. The van der Waals surface area contributed by atoms with Crippen LogP contribution in [0.3, 0.4) is 0 Å². The second-order valence-electron chi connectivity index (χ2n) is 4.04. The van der Waals surface area contributed by atoms with Crippen molar-refractivity contribution in [3.8, 4) is 0 Å². The molecule has 8 heteroatoms. The Bertz CT molecular complexity index is 650. The van der Waals surface area contributed by atoms with Crippen molar-refractivity contribution in [2.24, 2.45) is 5.73 Å². The van der Waals surface area contributed by atoms with Gasteiger partial charge < -0.3 is 16.2 Å². The highest BCUT2D eigenvalue weighted by Crippen LogP contribution is 2.33. The molecule has 0 spiro atoms. The summed E-state index contributed by atoms with van der Waals surface area (Å²) in [6, 6.07) is 3.14. The molecule has 0 aliphatic heterocycles. The lowest BCUT2D eigenvalue weighted by atomic mass is 10.2. The van der Waals surface area contributed by atoms with E-state index in [9.17, 15) is 14.0 Å². The topological polar surface area (TPSA) is 92.4 Å². The Labute approximate surface area is 125 Å². The molecule has 0 radical (unpaired) electrons. The third-order valence-electron chi connectivity index (χ3n) is 2.61. The quantitative estimate of drug-likeness (QED) is 0.776. The van der Waals surface area contributed by atoms with Crippen LogP contribution >= 0.6 is 27.3 Å². The van der Waals surface area contributed by atoms with Crippen LogP contribution in [0.15, 0.2) is 22.7 Å². The summed E-state index contributed by atoms with van der Waals surface area (Å²) in [5.74, 6) is -2.09. The zero-order chi connectivity index (χ0) is 14.9. The first-order chi connectivity index (χ1) is 9.40. The van der Waals surface area contributed by atoms with E-state index in [0.717, 1.165) is 11.3 Å². The largest absolute Gasteiger partial charge is 0.480 e. The normalized spacial score (nSPS) is 12.3. The number of carboxylic acid groups (broad SMARTS) is 1. The number of fused-ring (bicyclic) bond motifs is 1. The molecule has 0 aliphatic carbocycles. The summed E-state index contributed by atoms with van der Waals surface area (Å²) in [5.41, 5.74) is 5.29. The SMILES string of the molecule is N[C@H](CNC(=O)c1cc2c(F)ccc(Br)c2s1)C(=O)O. The summed E-state index contributed by atoms with van der Waals surface area (Å²) in [6.45, 7) is -0.188. The second kappa shape index (κ2) is 5.86. The van der Waals surface area contributed by atoms with E-state index >= 15 is 0 Å². The fourth-order valence-corrected chi connectivity index (χ4v) is 3.13. The summed E-state index contributed by atoms with van der Waals surface area (Å²) in [4.78, 5) is 22.7. The van der Waals surface area contributed by atoms with Gasteiger partial charge in [0.25, 0.3) is 5.91 Å². The lowest BCUT2D eigenvalue weighted by Gasteiger charge is -2.06. The van der Waals surface area contributed by atoms with Gasteiger partial charge >= 0.3 is 5.97 Å². The molecular weight excluding hydrogens is 351 g/mol. The van der Waals surface area contributed by atoms with Crippen molar-refractivity contribution in [2.45, 2.75) is 6.04 Å². The zero-order valence-electron chi connectivity index (χ0n) is 10.0. The number of hydrogen-bond acceptors (Lipinski definition) is 4. The molecule has 1 heterocycles. The summed E-state index contributed by atoms with van der Waals surface area (Å²) in [7, 11) is 0. The molecule has 2 rings (SSSR count). The van der Waals surface area contributed by atoms with E-state index in [1.54, 1.807) is 6.07 Å². The predicted octanol–water partition coefficient (Wildman–Crippen LogP) is 1.94. The molecule has 0 bridgehead atoms. The molecule has 0 aliphatic rings. The molecule has 106 valence electrons. The number of thiophene rings is 1. The number of nitrogens with one attached hydrogen (secondary N) is 1. The van der Waals surface area contributed by atoms with Crippen molar-refractivity contribution >= 4 is 49.2 Å². The van der Waals surface area contributed by atoms with Crippen LogP contribution in [0.5, 0.6) is 0 Å². The van der Waals surface area contributed by atoms with Crippen LogP contribution in [0.25, 0.3) is 10.1 Å². The molecule has 0 saturated heterocycles. The number of carbonyl (C=O) groups is 2. The predicted molar refractivity (Wildman–Crippen MR) is 77.4 cm³/mol. The average molecular weight is 361 g/mol. The van der Waals surface area contributed by atoms with Crippen LogP contribution < -0.4 is 11.1 Å². The molecule has 0 fully saturated rings. The number of rotatable bonds is 4. The lowest BCUT2D eigenvalue weighted by molar-refractivity contribution is -0.138. The first-order valence-electron chi connectivity index (χ1n) is 5.54. The molecule has 1 aromatic heterocycles. The van der Waals surface area contributed by atoms with E-state index < -0.39 is 23.7 Å². The molecule has 5 nitrogen and oxygen atoms in total. The van der Waals surface area contributed by atoms with Crippen LogP contribution in [0, 0.1) is 5.82 Å². The number of hydrogen-bond donors (Lipinski definition) is 3. The van der Waals surface area contributed by atoms with Crippen molar-refractivity contribution in [3.05, 3.63) is 33.4 Å². The Morgan fingerprint density at radius 2 is 2.20 bits per heavy atom. The zero-order valence-corrected chi connectivity index (χ0v) is 12.4. The van der Waals surface area contributed by atoms with E-state index in [2.05, 4.69) is 21.2 Å². The van der Waals surface area contributed by atoms with Crippen molar-refractivity contribution in [2.75, 3.05) is 6.54 Å². The van der Waals surface area contributed by atoms with Gasteiger partial charge in [0.1, 0.15) is 11.9 Å². The summed E-state index contributed by atoms with van der Waals surface area (Å²) in [5, 5.41) is 11.4. The fraction of sp³-hybridized carbons (Fsp3) is 0.167. The maximum atomic E-state index is 13.6. The maximum absolute atomic E-state index is 13.6. The monoisotopic (exact) mass is 360 g/mol. The molecule has 1 atom stereocenters. The molecule has 20 heavy (non-hydrogen) atoms. The van der Waals surface area contributed by atoms with Crippen LogP contribution in [-0.4, -0.2) is 29.6 Å². The van der Waals surface area contributed by atoms with Gasteiger partial charge in [-0.2, -0.15) is 0 Å². The minimum absolute atomic E-state index is 0.188. The second-order valence-corrected chi connectivity index (χ2v) is 5.94. The van der Waals surface area contributed by atoms with Crippen molar-refractivity contribution in [1.82, 2.24) is 5.32 Å². The van der Waals surface area contributed by atoms with Gasteiger partial charge in [0.2, 0.25) is 0 Å². The number of benzene rings is 1. The first-order valence-corrected chi connectivity index (χ1v) is 7.15. The van der Waals surface area contributed by atoms with Crippen LogP contribution in [0.1, 0.15) is 9.67 Å². The number of carboxylic acids is 1. The van der Waals surface area contributed by atoms with Gasteiger partial charge in [0, 0.05) is 16.4 Å². The summed E-state index contributed by atoms with van der Waals surface area (Å²) < 4.78 is 14.9. The van der Waals surface area contributed by atoms with Crippen molar-refractivity contribution in [3.63, 3.8) is 0 Å². The smallest absolute Gasteiger partial charge is 0.322 e. The highest BCUT2D eigenvalue weighted by atomic mass is 79.9. The van der Waals surface area contributed by atoms with Gasteiger partial charge in [-0.15, -0.1) is 11.3 Å². The minimum Gasteiger partial charge on any atom is -0.480 e. The average Bonchev–Trinajstić information content (AvgIpc) is 2.86. The van der Waals surface area contributed by atoms with Crippen LogP contribution in [0.4, 0.5) is 4.39 Å². The van der Waals surface area contributed by atoms with Gasteiger partial charge in [0.15, 0.2) is 0 Å². The number of carbonyl (C=O) groups excluding carboxylic acids is 1. The van der Waals surface area contributed by atoms with E-state index in [4.69, 9.17) is 10.8 Å². The Morgan fingerprint density at radius 3 is 2.80 bits per heavy atom. The fourth-order valence-electron chi connectivity index (χ4n) is 1.55. The molecule has 0 unspecified atom stereocenters. The summed E-state index contributed by atoms with van der Waals surface area (Å²) >= 11 is 4.41. The van der Waals surface area contributed by atoms with E-state index in [1.165, 1.54) is 12.1 Å². The molecule has 0 saturated carbocycles. The number of amides is 1. The number of aliphatic carboxylic acids is 1. The minimum atomic E-state index is -1.20. The Hall–Kier alpha value is -1.51. The van der Waals surface area contributed by atoms with Crippen LogP contribution in [0.2, 0.25) is 0 Å². The Morgan fingerprint density at radius 1 is 1.50 bits per heavy atom. The van der Waals surface area contributed by atoms with Crippen molar-refractivity contribution < 1.29 is 19.1 Å². The molecule has 1 aromatic carbocycles.